The lowest BCUT2D eigenvalue weighted by atomic mass is 10.2. The van der Waals surface area contributed by atoms with E-state index in [0.717, 1.165) is 11.3 Å². The van der Waals surface area contributed by atoms with Gasteiger partial charge in [-0.2, -0.15) is 5.10 Å². The quantitative estimate of drug-likeness (QED) is 0.641. The molecule has 1 aromatic carbocycles. The van der Waals surface area contributed by atoms with Crippen molar-refractivity contribution in [2.45, 2.75) is 27.3 Å². The topological polar surface area (TPSA) is 44.1 Å². The Morgan fingerprint density at radius 2 is 2.00 bits per heavy atom. The van der Waals surface area contributed by atoms with E-state index in [4.69, 9.17) is 27.9 Å². The van der Waals surface area contributed by atoms with E-state index < -0.39 is 5.97 Å². The summed E-state index contributed by atoms with van der Waals surface area (Å²) in [7, 11) is 0. The van der Waals surface area contributed by atoms with Crippen molar-refractivity contribution in [1.29, 1.82) is 0 Å². The van der Waals surface area contributed by atoms with Gasteiger partial charge in [0.05, 0.1) is 16.4 Å². The molecule has 0 radical (unpaired) electrons. The molecule has 0 aliphatic rings. The number of esters is 1. The molecular formula is C14H14Cl2N2O2. The molecule has 2 aromatic rings. The summed E-state index contributed by atoms with van der Waals surface area (Å²) in [6, 6.07) is 5.09. The molecule has 0 amide bonds. The Kier molecular flexibility index (Phi) is 4.35. The minimum atomic E-state index is -0.405. The summed E-state index contributed by atoms with van der Waals surface area (Å²) in [6.07, 6.45) is 0. The van der Waals surface area contributed by atoms with Gasteiger partial charge in [-0.25, -0.2) is 4.79 Å². The molecule has 6 heteroatoms. The molecule has 20 heavy (non-hydrogen) atoms. The van der Waals surface area contributed by atoms with E-state index in [9.17, 15) is 4.79 Å². The fourth-order valence-electron chi connectivity index (χ4n) is 1.83. The number of benzene rings is 1. The van der Waals surface area contributed by atoms with Crippen LogP contribution in [0, 0.1) is 20.8 Å². The average molecular weight is 313 g/mol. The van der Waals surface area contributed by atoms with Crippen LogP contribution in [0.15, 0.2) is 18.2 Å². The van der Waals surface area contributed by atoms with Gasteiger partial charge in [-0.05, 0) is 44.5 Å². The van der Waals surface area contributed by atoms with Gasteiger partial charge in [0.25, 0.3) is 0 Å². The Bertz CT molecular complexity index is 665. The van der Waals surface area contributed by atoms with Gasteiger partial charge in [0.1, 0.15) is 12.3 Å². The van der Waals surface area contributed by atoms with Crippen LogP contribution in [0.5, 0.6) is 5.75 Å². The minimum Gasteiger partial charge on any atom is -0.425 e. The average Bonchev–Trinajstić information content (AvgIpc) is 2.61. The standard InChI is InChI=1S/C14H14Cl2N2O2/c1-8-6-11(15)4-5-12(8)20-13(19)7-18-10(3)14(16)9(2)17-18/h4-6H,7H2,1-3H3. The molecule has 0 saturated carbocycles. The highest BCUT2D eigenvalue weighted by Gasteiger charge is 2.14. The number of nitrogens with zero attached hydrogens (tertiary/aromatic N) is 2. The van der Waals surface area contributed by atoms with E-state index in [-0.39, 0.29) is 6.54 Å². The van der Waals surface area contributed by atoms with Crippen molar-refractivity contribution in [2.24, 2.45) is 0 Å². The third-order valence-electron chi connectivity index (χ3n) is 2.93. The van der Waals surface area contributed by atoms with Gasteiger partial charge in [-0.15, -0.1) is 0 Å². The second-order valence-electron chi connectivity index (χ2n) is 4.53. The van der Waals surface area contributed by atoms with Crippen molar-refractivity contribution in [2.75, 3.05) is 0 Å². The largest absolute Gasteiger partial charge is 0.425 e. The molecule has 0 unspecified atom stereocenters. The third-order valence-corrected chi connectivity index (χ3v) is 3.71. The Balaban J connectivity index is 2.11. The summed E-state index contributed by atoms with van der Waals surface area (Å²) in [5, 5.41) is 5.36. The van der Waals surface area contributed by atoms with Crippen molar-refractivity contribution >= 4 is 29.2 Å². The van der Waals surface area contributed by atoms with Crippen LogP contribution in [-0.4, -0.2) is 15.7 Å². The summed E-state index contributed by atoms with van der Waals surface area (Å²) in [5.41, 5.74) is 2.24. The Labute approximate surface area is 127 Å². The molecule has 4 nitrogen and oxygen atoms in total. The van der Waals surface area contributed by atoms with Crippen molar-refractivity contribution in [3.8, 4) is 5.75 Å². The number of halogens is 2. The highest BCUT2D eigenvalue weighted by atomic mass is 35.5. The zero-order valence-electron chi connectivity index (χ0n) is 11.4. The van der Waals surface area contributed by atoms with E-state index in [0.29, 0.717) is 21.5 Å². The second kappa shape index (κ2) is 5.85. The van der Waals surface area contributed by atoms with Gasteiger partial charge in [0.2, 0.25) is 0 Å². The van der Waals surface area contributed by atoms with Crippen LogP contribution >= 0.6 is 23.2 Å². The first-order valence-corrected chi connectivity index (χ1v) is 6.80. The van der Waals surface area contributed by atoms with Crippen LogP contribution in [0.4, 0.5) is 0 Å². The van der Waals surface area contributed by atoms with Crippen LogP contribution < -0.4 is 4.74 Å². The summed E-state index contributed by atoms with van der Waals surface area (Å²) in [5.74, 6) is 0.0877. The molecule has 0 aliphatic carbocycles. The lowest BCUT2D eigenvalue weighted by Gasteiger charge is -2.08. The highest BCUT2D eigenvalue weighted by Crippen LogP contribution is 2.22. The Hall–Kier alpha value is -1.52. The van der Waals surface area contributed by atoms with Gasteiger partial charge in [0, 0.05) is 5.02 Å². The molecule has 1 aromatic heterocycles. The summed E-state index contributed by atoms with van der Waals surface area (Å²) < 4.78 is 6.84. The fourth-order valence-corrected chi connectivity index (χ4v) is 2.20. The monoisotopic (exact) mass is 312 g/mol. The first-order valence-electron chi connectivity index (χ1n) is 6.05. The number of aryl methyl sites for hydroxylation is 2. The number of carbonyl (C=O) groups is 1. The fraction of sp³-hybridized carbons (Fsp3) is 0.286. The molecule has 0 fully saturated rings. The lowest BCUT2D eigenvalue weighted by Crippen LogP contribution is -2.18. The van der Waals surface area contributed by atoms with E-state index in [1.807, 2.05) is 13.8 Å². The SMILES string of the molecule is Cc1cc(Cl)ccc1OC(=O)Cn1nc(C)c(Cl)c1C. The van der Waals surface area contributed by atoms with Crippen LogP contribution in [-0.2, 0) is 11.3 Å². The molecule has 0 N–H and O–H groups in total. The number of ether oxygens (including phenoxy) is 1. The predicted octanol–water partition coefficient (Wildman–Crippen LogP) is 3.72. The summed E-state index contributed by atoms with van der Waals surface area (Å²) in [6.45, 7) is 5.44. The molecule has 1 heterocycles. The zero-order valence-corrected chi connectivity index (χ0v) is 12.9. The molecule has 0 saturated heterocycles. The van der Waals surface area contributed by atoms with Crippen LogP contribution in [0.1, 0.15) is 17.0 Å². The van der Waals surface area contributed by atoms with E-state index >= 15 is 0 Å². The van der Waals surface area contributed by atoms with E-state index in [1.54, 1.807) is 25.1 Å². The van der Waals surface area contributed by atoms with Crippen molar-refractivity contribution in [1.82, 2.24) is 9.78 Å². The van der Waals surface area contributed by atoms with Crippen LogP contribution in [0.2, 0.25) is 10.0 Å². The molecule has 106 valence electrons. The molecule has 0 spiro atoms. The molecule has 0 bridgehead atoms. The first kappa shape index (κ1) is 14.9. The van der Waals surface area contributed by atoms with Crippen molar-refractivity contribution in [3.05, 3.63) is 45.2 Å². The second-order valence-corrected chi connectivity index (χ2v) is 5.34. The van der Waals surface area contributed by atoms with Gasteiger partial charge >= 0.3 is 5.97 Å². The number of rotatable bonds is 3. The predicted molar refractivity (Wildman–Crippen MR) is 78.5 cm³/mol. The number of aromatic nitrogens is 2. The van der Waals surface area contributed by atoms with Gasteiger partial charge in [0.15, 0.2) is 0 Å². The number of hydrogen-bond acceptors (Lipinski definition) is 3. The minimum absolute atomic E-state index is 0.0153. The van der Waals surface area contributed by atoms with Gasteiger partial charge < -0.3 is 4.74 Å². The maximum absolute atomic E-state index is 11.9. The van der Waals surface area contributed by atoms with Crippen LogP contribution in [0.25, 0.3) is 0 Å². The van der Waals surface area contributed by atoms with Gasteiger partial charge in [-0.1, -0.05) is 23.2 Å². The van der Waals surface area contributed by atoms with Gasteiger partial charge in [-0.3, -0.25) is 4.68 Å². The number of hydrogen-bond donors (Lipinski definition) is 0. The normalized spacial score (nSPS) is 10.7. The molecule has 2 rings (SSSR count). The lowest BCUT2D eigenvalue weighted by molar-refractivity contribution is -0.135. The number of carbonyl (C=O) groups excluding carboxylic acids is 1. The maximum atomic E-state index is 11.9. The van der Waals surface area contributed by atoms with Crippen molar-refractivity contribution < 1.29 is 9.53 Å². The molecule has 0 atom stereocenters. The van der Waals surface area contributed by atoms with E-state index in [1.165, 1.54) is 4.68 Å². The van der Waals surface area contributed by atoms with E-state index in [2.05, 4.69) is 5.10 Å². The Morgan fingerprint density at radius 1 is 1.30 bits per heavy atom. The maximum Gasteiger partial charge on any atom is 0.333 e. The molecule has 0 aliphatic heterocycles. The first-order chi connectivity index (χ1) is 9.38. The Morgan fingerprint density at radius 3 is 2.55 bits per heavy atom. The third kappa shape index (κ3) is 3.14. The summed E-state index contributed by atoms with van der Waals surface area (Å²) >= 11 is 11.9. The van der Waals surface area contributed by atoms with Crippen LogP contribution in [0.3, 0.4) is 0 Å². The van der Waals surface area contributed by atoms with Crippen molar-refractivity contribution in [3.63, 3.8) is 0 Å². The molecular weight excluding hydrogens is 299 g/mol. The highest BCUT2D eigenvalue weighted by molar-refractivity contribution is 6.31. The smallest absolute Gasteiger partial charge is 0.333 e. The zero-order chi connectivity index (χ0) is 14.9. The summed E-state index contributed by atoms with van der Waals surface area (Å²) in [4.78, 5) is 11.9.